The van der Waals surface area contributed by atoms with Crippen molar-refractivity contribution < 1.29 is 4.79 Å². The van der Waals surface area contributed by atoms with Gasteiger partial charge >= 0.3 is 0 Å². The maximum absolute atomic E-state index is 12.6. The number of fused-ring (bicyclic) bond motifs is 1. The Kier molecular flexibility index (Phi) is 4.66. The van der Waals surface area contributed by atoms with Gasteiger partial charge in [-0.15, -0.1) is 0 Å². The molecule has 1 aliphatic heterocycles. The van der Waals surface area contributed by atoms with Gasteiger partial charge in [-0.25, -0.2) is 4.98 Å². The van der Waals surface area contributed by atoms with Crippen LogP contribution in [0.3, 0.4) is 0 Å². The minimum atomic E-state index is -0.226. The van der Waals surface area contributed by atoms with Crippen molar-refractivity contribution in [2.24, 2.45) is 0 Å². The van der Waals surface area contributed by atoms with Gasteiger partial charge in [0, 0.05) is 17.6 Å². The van der Waals surface area contributed by atoms with Crippen molar-refractivity contribution in [1.29, 1.82) is 0 Å². The van der Waals surface area contributed by atoms with E-state index in [0.29, 0.717) is 15.9 Å². The van der Waals surface area contributed by atoms with Crippen LogP contribution in [0.5, 0.6) is 0 Å². The minimum absolute atomic E-state index is 0.0122. The topological polar surface area (TPSA) is 55.2 Å². The number of hydrogen-bond acceptors (Lipinski definition) is 3. The Morgan fingerprint density at radius 1 is 1.39 bits per heavy atom. The first-order valence-electron chi connectivity index (χ1n) is 8.04. The number of rotatable bonds is 3. The maximum Gasteiger partial charge on any atom is 0.261 e. The molecule has 1 unspecified atom stereocenters. The number of amides is 1. The van der Waals surface area contributed by atoms with E-state index in [1.807, 2.05) is 4.90 Å². The van der Waals surface area contributed by atoms with E-state index in [2.05, 4.69) is 11.9 Å². The van der Waals surface area contributed by atoms with E-state index in [-0.39, 0.29) is 24.1 Å². The second-order valence-corrected chi connectivity index (χ2v) is 6.42. The predicted molar refractivity (Wildman–Crippen MR) is 90.7 cm³/mol. The largest absolute Gasteiger partial charge is 0.338 e. The summed E-state index contributed by atoms with van der Waals surface area (Å²) in [6.07, 6.45) is 5.64. The second kappa shape index (κ2) is 6.71. The van der Waals surface area contributed by atoms with E-state index in [0.717, 1.165) is 32.2 Å². The van der Waals surface area contributed by atoms with E-state index in [1.54, 1.807) is 18.2 Å². The van der Waals surface area contributed by atoms with Crippen LogP contribution in [-0.2, 0) is 11.3 Å². The summed E-state index contributed by atoms with van der Waals surface area (Å²) in [5.74, 6) is -0.0122. The zero-order valence-electron chi connectivity index (χ0n) is 13.2. The molecule has 122 valence electrons. The first-order chi connectivity index (χ1) is 11.1. The van der Waals surface area contributed by atoms with E-state index in [4.69, 9.17) is 11.6 Å². The van der Waals surface area contributed by atoms with Gasteiger partial charge in [-0.1, -0.05) is 18.5 Å². The predicted octanol–water partition coefficient (Wildman–Crippen LogP) is 2.84. The van der Waals surface area contributed by atoms with Crippen molar-refractivity contribution in [3.8, 4) is 0 Å². The van der Waals surface area contributed by atoms with Gasteiger partial charge in [0.15, 0.2) is 0 Å². The summed E-state index contributed by atoms with van der Waals surface area (Å²) in [6.45, 7) is 2.91. The van der Waals surface area contributed by atoms with E-state index < -0.39 is 0 Å². The quantitative estimate of drug-likeness (QED) is 0.868. The summed E-state index contributed by atoms with van der Waals surface area (Å²) in [7, 11) is 0. The fraction of sp³-hybridized carbons (Fsp3) is 0.471. The van der Waals surface area contributed by atoms with Crippen molar-refractivity contribution in [3.63, 3.8) is 0 Å². The van der Waals surface area contributed by atoms with Gasteiger partial charge in [-0.05, 0) is 43.9 Å². The molecule has 2 heterocycles. The first-order valence-corrected chi connectivity index (χ1v) is 8.42. The number of carbonyl (C=O) groups excluding carboxylic acids is 1. The van der Waals surface area contributed by atoms with Crippen LogP contribution >= 0.6 is 11.6 Å². The third kappa shape index (κ3) is 3.24. The maximum atomic E-state index is 12.6. The number of halogens is 1. The summed E-state index contributed by atoms with van der Waals surface area (Å²) in [5.41, 5.74) is 0.364. The highest BCUT2D eigenvalue weighted by atomic mass is 35.5. The van der Waals surface area contributed by atoms with Gasteiger partial charge in [0.1, 0.15) is 6.54 Å². The molecule has 6 heteroatoms. The lowest BCUT2D eigenvalue weighted by atomic mass is 10.00. The number of benzene rings is 1. The Morgan fingerprint density at radius 3 is 3.00 bits per heavy atom. The zero-order chi connectivity index (χ0) is 16.4. The van der Waals surface area contributed by atoms with Crippen LogP contribution in [0.4, 0.5) is 0 Å². The lowest BCUT2D eigenvalue weighted by Gasteiger charge is -2.35. The van der Waals surface area contributed by atoms with Gasteiger partial charge in [-0.3, -0.25) is 14.2 Å². The molecule has 0 saturated carbocycles. The smallest absolute Gasteiger partial charge is 0.261 e. The van der Waals surface area contributed by atoms with Crippen molar-refractivity contribution in [2.75, 3.05) is 6.54 Å². The SMILES string of the molecule is CCC1CCCCN1C(=O)Cn1cnc2ccc(Cl)cc2c1=O. The van der Waals surface area contributed by atoms with Crippen LogP contribution in [0.2, 0.25) is 5.02 Å². The van der Waals surface area contributed by atoms with Crippen LogP contribution < -0.4 is 5.56 Å². The molecule has 1 amide bonds. The molecular weight excluding hydrogens is 314 g/mol. The molecule has 0 bridgehead atoms. The average Bonchev–Trinajstić information content (AvgIpc) is 2.57. The van der Waals surface area contributed by atoms with Gasteiger partial charge in [0.2, 0.25) is 5.91 Å². The molecule has 5 nitrogen and oxygen atoms in total. The molecule has 23 heavy (non-hydrogen) atoms. The average molecular weight is 334 g/mol. The standard InChI is InChI=1S/C17H20ClN3O2/c1-2-13-5-3-4-8-21(13)16(22)10-20-11-19-15-7-6-12(18)9-14(15)17(20)23/h6-7,9,11,13H,2-5,8,10H2,1H3. The van der Waals surface area contributed by atoms with Crippen LogP contribution in [-0.4, -0.2) is 32.9 Å². The number of likely N-dealkylation sites (tertiary alicyclic amines) is 1. The Bertz CT molecular complexity index is 787. The molecule has 0 aliphatic carbocycles. The van der Waals surface area contributed by atoms with Crippen LogP contribution in [0.1, 0.15) is 32.6 Å². The number of carbonyl (C=O) groups is 1. The van der Waals surface area contributed by atoms with Gasteiger partial charge in [0.05, 0.1) is 17.2 Å². The Labute approximate surface area is 139 Å². The van der Waals surface area contributed by atoms with Crippen molar-refractivity contribution in [2.45, 2.75) is 45.2 Å². The molecular formula is C17H20ClN3O2. The highest BCUT2D eigenvalue weighted by Crippen LogP contribution is 2.20. The molecule has 0 spiro atoms. The van der Waals surface area contributed by atoms with Crippen molar-refractivity contribution in [1.82, 2.24) is 14.5 Å². The monoisotopic (exact) mass is 333 g/mol. The molecule has 1 aromatic heterocycles. The van der Waals surface area contributed by atoms with Crippen LogP contribution in [0, 0.1) is 0 Å². The highest BCUT2D eigenvalue weighted by molar-refractivity contribution is 6.31. The summed E-state index contributed by atoms with van der Waals surface area (Å²) in [4.78, 5) is 31.3. The minimum Gasteiger partial charge on any atom is -0.338 e. The van der Waals surface area contributed by atoms with Crippen molar-refractivity contribution >= 4 is 28.4 Å². The third-order valence-corrected chi connectivity index (χ3v) is 4.75. The van der Waals surface area contributed by atoms with E-state index in [9.17, 15) is 9.59 Å². The number of aromatic nitrogens is 2. The molecule has 3 rings (SSSR count). The fourth-order valence-electron chi connectivity index (χ4n) is 3.23. The lowest BCUT2D eigenvalue weighted by molar-refractivity contribution is -0.135. The zero-order valence-corrected chi connectivity index (χ0v) is 13.9. The second-order valence-electron chi connectivity index (χ2n) is 5.98. The molecule has 0 radical (unpaired) electrons. The summed E-state index contributed by atoms with van der Waals surface area (Å²) in [6, 6.07) is 5.30. The lowest BCUT2D eigenvalue weighted by Crippen LogP contribution is -2.45. The molecule has 1 aromatic carbocycles. The van der Waals surface area contributed by atoms with Gasteiger partial charge in [-0.2, -0.15) is 0 Å². The molecule has 1 aliphatic rings. The molecule has 2 aromatic rings. The summed E-state index contributed by atoms with van der Waals surface area (Å²) in [5, 5.41) is 0.932. The van der Waals surface area contributed by atoms with E-state index in [1.165, 1.54) is 10.9 Å². The summed E-state index contributed by atoms with van der Waals surface area (Å²) < 4.78 is 1.38. The fourth-order valence-corrected chi connectivity index (χ4v) is 3.41. The molecule has 1 fully saturated rings. The molecule has 1 atom stereocenters. The van der Waals surface area contributed by atoms with E-state index >= 15 is 0 Å². The van der Waals surface area contributed by atoms with Gasteiger partial charge in [0.25, 0.3) is 5.56 Å². The van der Waals surface area contributed by atoms with Crippen LogP contribution in [0.25, 0.3) is 10.9 Å². The normalized spacial score (nSPS) is 18.3. The molecule has 1 saturated heterocycles. The third-order valence-electron chi connectivity index (χ3n) is 4.51. The Morgan fingerprint density at radius 2 is 2.22 bits per heavy atom. The molecule has 0 N–H and O–H groups in total. The Hall–Kier alpha value is -1.88. The van der Waals surface area contributed by atoms with Crippen LogP contribution in [0.15, 0.2) is 29.3 Å². The number of nitrogens with zero attached hydrogens (tertiary/aromatic N) is 3. The van der Waals surface area contributed by atoms with Gasteiger partial charge < -0.3 is 4.90 Å². The first kappa shape index (κ1) is 16.0. The highest BCUT2D eigenvalue weighted by Gasteiger charge is 2.25. The summed E-state index contributed by atoms with van der Waals surface area (Å²) >= 11 is 5.96. The number of piperidine rings is 1. The number of hydrogen-bond donors (Lipinski definition) is 0. The Balaban J connectivity index is 1.87. The van der Waals surface area contributed by atoms with Crippen molar-refractivity contribution in [3.05, 3.63) is 39.9 Å².